The van der Waals surface area contributed by atoms with Gasteiger partial charge in [0, 0.05) is 17.0 Å². The summed E-state index contributed by atoms with van der Waals surface area (Å²) in [6.45, 7) is 10.6. The van der Waals surface area contributed by atoms with Crippen molar-refractivity contribution in [3.8, 4) is 11.4 Å². The Balaban J connectivity index is 2.58. The summed E-state index contributed by atoms with van der Waals surface area (Å²) in [5.41, 5.74) is 7.04. The maximum absolute atomic E-state index is 5.52. The molecule has 0 amide bonds. The zero-order valence-electron chi connectivity index (χ0n) is 12.8. The van der Waals surface area contributed by atoms with Crippen LogP contribution in [0.15, 0.2) is 24.3 Å². The lowest BCUT2D eigenvalue weighted by Gasteiger charge is -2.19. The van der Waals surface area contributed by atoms with Crippen LogP contribution >= 0.6 is 0 Å². The van der Waals surface area contributed by atoms with Crippen LogP contribution in [0, 0.1) is 13.8 Å². The highest BCUT2D eigenvalue weighted by molar-refractivity contribution is 5.59. The molecule has 0 aliphatic heterocycles. The van der Waals surface area contributed by atoms with Crippen LogP contribution in [-0.4, -0.2) is 9.97 Å². The summed E-state index contributed by atoms with van der Waals surface area (Å²) in [6.07, 6.45) is 0. The molecule has 4 heteroatoms. The smallest absolute Gasteiger partial charge is 0.161 e. The molecular weight excluding hydrogens is 248 g/mol. The van der Waals surface area contributed by atoms with Crippen LogP contribution in [0.5, 0.6) is 0 Å². The summed E-state index contributed by atoms with van der Waals surface area (Å²) in [7, 11) is 0. The molecule has 3 N–H and O–H groups in total. The SMILES string of the molecule is Cc1ccc(-c2nc(NN)cc(C(C)(C)C)n2)cc1C. The molecule has 4 nitrogen and oxygen atoms in total. The standard InChI is InChI=1S/C16H22N4/c1-10-6-7-12(8-11(10)2)15-18-13(16(3,4)5)9-14(19-15)20-17/h6-9H,17H2,1-5H3,(H,18,19,20). The van der Waals surface area contributed by atoms with Gasteiger partial charge in [-0.1, -0.05) is 32.9 Å². The number of anilines is 1. The number of aromatic nitrogens is 2. The highest BCUT2D eigenvalue weighted by atomic mass is 15.3. The van der Waals surface area contributed by atoms with Crippen LogP contribution in [0.4, 0.5) is 5.82 Å². The molecule has 2 aromatic rings. The Labute approximate surface area is 120 Å². The summed E-state index contributed by atoms with van der Waals surface area (Å²) < 4.78 is 0. The number of hydrogen-bond donors (Lipinski definition) is 2. The van der Waals surface area contributed by atoms with Crippen LogP contribution in [0.25, 0.3) is 11.4 Å². The second kappa shape index (κ2) is 5.21. The Morgan fingerprint density at radius 1 is 1.00 bits per heavy atom. The van der Waals surface area contributed by atoms with Crippen LogP contribution < -0.4 is 11.3 Å². The topological polar surface area (TPSA) is 63.8 Å². The van der Waals surface area contributed by atoms with E-state index in [1.54, 1.807) is 0 Å². The monoisotopic (exact) mass is 270 g/mol. The van der Waals surface area contributed by atoms with E-state index in [2.05, 4.69) is 62.1 Å². The third-order valence-electron chi connectivity index (χ3n) is 3.41. The molecule has 0 unspecified atom stereocenters. The van der Waals surface area contributed by atoms with E-state index in [1.807, 2.05) is 12.1 Å². The Morgan fingerprint density at radius 2 is 1.70 bits per heavy atom. The van der Waals surface area contributed by atoms with Gasteiger partial charge in [0.05, 0.1) is 5.69 Å². The molecule has 0 radical (unpaired) electrons. The molecule has 0 aliphatic rings. The van der Waals surface area contributed by atoms with E-state index in [0.29, 0.717) is 11.6 Å². The molecule has 0 fully saturated rings. The summed E-state index contributed by atoms with van der Waals surface area (Å²) in [6, 6.07) is 8.14. The summed E-state index contributed by atoms with van der Waals surface area (Å²) in [5, 5.41) is 0. The zero-order valence-corrected chi connectivity index (χ0v) is 12.8. The van der Waals surface area contributed by atoms with Crippen molar-refractivity contribution in [3.05, 3.63) is 41.1 Å². The molecule has 2 rings (SSSR count). The Morgan fingerprint density at radius 3 is 2.25 bits per heavy atom. The number of nitrogens with zero attached hydrogens (tertiary/aromatic N) is 2. The first-order valence-corrected chi connectivity index (χ1v) is 6.75. The van der Waals surface area contributed by atoms with Crippen LogP contribution in [0.1, 0.15) is 37.6 Å². The van der Waals surface area contributed by atoms with Gasteiger partial charge in [-0.15, -0.1) is 0 Å². The molecule has 0 bridgehead atoms. The quantitative estimate of drug-likeness (QED) is 0.649. The maximum Gasteiger partial charge on any atom is 0.161 e. The predicted octanol–water partition coefficient (Wildman–Crippen LogP) is 3.34. The number of aryl methyl sites for hydroxylation is 2. The fourth-order valence-electron chi connectivity index (χ4n) is 1.92. The fraction of sp³-hybridized carbons (Fsp3) is 0.375. The maximum atomic E-state index is 5.52. The van der Waals surface area contributed by atoms with Crippen molar-refractivity contribution < 1.29 is 0 Å². The first-order valence-electron chi connectivity index (χ1n) is 6.75. The average Bonchev–Trinajstić information content (AvgIpc) is 2.40. The molecule has 20 heavy (non-hydrogen) atoms. The minimum absolute atomic E-state index is 0.0525. The van der Waals surface area contributed by atoms with E-state index < -0.39 is 0 Å². The van der Waals surface area contributed by atoms with Crippen molar-refractivity contribution in [2.24, 2.45) is 5.84 Å². The van der Waals surface area contributed by atoms with Gasteiger partial charge in [0.25, 0.3) is 0 Å². The number of nitrogens with one attached hydrogen (secondary N) is 1. The van der Waals surface area contributed by atoms with Crippen LogP contribution in [0.2, 0.25) is 0 Å². The van der Waals surface area contributed by atoms with E-state index in [9.17, 15) is 0 Å². The van der Waals surface area contributed by atoms with Crippen molar-refractivity contribution in [3.63, 3.8) is 0 Å². The highest BCUT2D eigenvalue weighted by Gasteiger charge is 2.18. The van der Waals surface area contributed by atoms with Crippen molar-refractivity contribution in [1.29, 1.82) is 0 Å². The van der Waals surface area contributed by atoms with Crippen LogP contribution in [0.3, 0.4) is 0 Å². The molecular formula is C16H22N4. The molecule has 1 aromatic carbocycles. The number of nitrogen functional groups attached to an aromatic ring is 1. The minimum atomic E-state index is -0.0525. The lowest BCUT2D eigenvalue weighted by molar-refractivity contribution is 0.568. The Kier molecular flexibility index (Phi) is 3.77. The molecule has 0 saturated heterocycles. The second-order valence-electron chi connectivity index (χ2n) is 6.16. The molecule has 106 valence electrons. The normalized spacial score (nSPS) is 11.5. The van der Waals surface area contributed by atoms with Gasteiger partial charge in [-0.2, -0.15) is 0 Å². The zero-order chi connectivity index (χ0) is 14.9. The highest BCUT2D eigenvalue weighted by Crippen LogP contribution is 2.26. The molecule has 1 aromatic heterocycles. The van der Waals surface area contributed by atoms with Crippen molar-refractivity contribution in [2.45, 2.75) is 40.0 Å². The van der Waals surface area contributed by atoms with Gasteiger partial charge in [0.2, 0.25) is 0 Å². The van der Waals surface area contributed by atoms with E-state index in [-0.39, 0.29) is 5.41 Å². The molecule has 0 atom stereocenters. The number of hydrogen-bond acceptors (Lipinski definition) is 4. The summed E-state index contributed by atoms with van der Waals surface area (Å²) in [5.74, 6) is 6.86. The molecule has 0 saturated carbocycles. The average molecular weight is 270 g/mol. The number of nitrogens with two attached hydrogens (primary N) is 1. The second-order valence-corrected chi connectivity index (χ2v) is 6.16. The van der Waals surface area contributed by atoms with Gasteiger partial charge in [0.15, 0.2) is 5.82 Å². The number of hydrazine groups is 1. The van der Waals surface area contributed by atoms with Gasteiger partial charge >= 0.3 is 0 Å². The first-order chi connectivity index (χ1) is 9.31. The largest absolute Gasteiger partial charge is 0.308 e. The van der Waals surface area contributed by atoms with Crippen molar-refractivity contribution >= 4 is 5.82 Å². The molecule has 1 heterocycles. The van der Waals surface area contributed by atoms with Crippen molar-refractivity contribution in [1.82, 2.24) is 9.97 Å². The van der Waals surface area contributed by atoms with Crippen LogP contribution in [-0.2, 0) is 5.41 Å². The Hall–Kier alpha value is -1.94. The Bertz CT molecular complexity index is 627. The van der Waals surface area contributed by atoms with E-state index in [1.165, 1.54) is 11.1 Å². The van der Waals surface area contributed by atoms with Crippen molar-refractivity contribution in [2.75, 3.05) is 5.43 Å². The summed E-state index contributed by atoms with van der Waals surface area (Å²) in [4.78, 5) is 9.15. The van der Waals surface area contributed by atoms with Gasteiger partial charge in [-0.05, 0) is 31.0 Å². The summed E-state index contributed by atoms with van der Waals surface area (Å²) >= 11 is 0. The number of rotatable bonds is 2. The molecule has 0 aliphatic carbocycles. The number of benzene rings is 1. The van der Waals surface area contributed by atoms with Gasteiger partial charge < -0.3 is 5.43 Å². The molecule has 0 spiro atoms. The van der Waals surface area contributed by atoms with Gasteiger partial charge in [-0.3, -0.25) is 0 Å². The van der Waals surface area contributed by atoms with E-state index in [4.69, 9.17) is 5.84 Å². The predicted molar refractivity (Wildman–Crippen MR) is 83.5 cm³/mol. The lowest BCUT2D eigenvalue weighted by Crippen LogP contribution is -2.17. The minimum Gasteiger partial charge on any atom is -0.308 e. The van der Waals surface area contributed by atoms with Gasteiger partial charge in [-0.25, -0.2) is 15.8 Å². The third-order valence-corrected chi connectivity index (χ3v) is 3.41. The first kappa shape index (κ1) is 14.5. The lowest BCUT2D eigenvalue weighted by atomic mass is 9.91. The van der Waals surface area contributed by atoms with Gasteiger partial charge in [0.1, 0.15) is 5.82 Å². The fourth-order valence-corrected chi connectivity index (χ4v) is 1.92. The van der Waals surface area contributed by atoms with E-state index in [0.717, 1.165) is 11.3 Å². The van der Waals surface area contributed by atoms with E-state index >= 15 is 0 Å². The third kappa shape index (κ3) is 2.96.